The number of aliphatic carboxylic acids is 1. The Morgan fingerprint density at radius 1 is 1.13 bits per heavy atom. The highest BCUT2D eigenvalue weighted by molar-refractivity contribution is 5.68. The number of hydrogen-bond acceptors (Lipinski definition) is 2. The van der Waals surface area contributed by atoms with Crippen LogP contribution in [0.3, 0.4) is 0 Å². The van der Waals surface area contributed by atoms with Crippen LogP contribution in [0.15, 0.2) is 5.57 Å². The number of carboxylic acid groups (broad SMARTS) is 1. The molecule has 0 heterocycles. The third kappa shape index (κ3) is 3.40. The van der Waals surface area contributed by atoms with Crippen molar-refractivity contribution in [3.8, 4) is 0 Å². The molecule has 0 saturated heterocycles. The third-order valence-corrected chi connectivity index (χ3v) is 2.12. The highest BCUT2D eigenvalue weighted by atomic mass is 19.1. The number of hydrogen-bond donors (Lipinski definition) is 1. The molecule has 0 saturated carbocycles. The van der Waals surface area contributed by atoms with Crippen LogP contribution >= 0.6 is 0 Å². The van der Waals surface area contributed by atoms with Gasteiger partial charge in [-0.2, -0.15) is 0 Å². The van der Waals surface area contributed by atoms with Crippen molar-refractivity contribution in [3.05, 3.63) is 5.57 Å². The quantitative estimate of drug-likeness (QED) is 0.667. The zero-order chi connectivity index (χ0) is 11.9. The first-order valence-electron chi connectivity index (χ1n) is 4.20. The lowest BCUT2D eigenvalue weighted by atomic mass is 9.82. The van der Waals surface area contributed by atoms with Crippen LogP contribution in [0.4, 0.5) is 13.2 Å². The SMILES string of the molecule is O=C=C(CCC(=O)O)C(CF)(CF)CF. The number of carboxylic acids is 1. The Kier molecular flexibility index (Phi) is 5.70. The molecule has 0 aromatic heterocycles. The number of carbonyl (C=O) groups is 1. The molecule has 0 rings (SSSR count). The Balaban J connectivity index is 4.77. The smallest absolute Gasteiger partial charge is 0.303 e. The summed E-state index contributed by atoms with van der Waals surface area (Å²) in [4.78, 5) is 20.6. The monoisotopic (exact) mass is 224 g/mol. The summed E-state index contributed by atoms with van der Waals surface area (Å²) in [5.74, 6) is 0.00595. The fraction of sp³-hybridized carbons (Fsp3) is 0.667. The second kappa shape index (κ2) is 6.24. The molecule has 86 valence electrons. The van der Waals surface area contributed by atoms with E-state index in [1.54, 1.807) is 0 Å². The third-order valence-electron chi connectivity index (χ3n) is 2.12. The summed E-state index contributed by atoms with van der Waals surface area (Å²) >= 11 is 0. The highest BCUT2D eigenvalue weighted by Crippen LogP contribution is 2.31. The van der Waals surface area contributed by atoms with Crippen molar-refractivity contribution in [2.75, 3.05) is 20.0 Å². The predicted molar refractivity (Wildman–Crippen MR) is 46.4 cm³/mol. The van der Waals surface area contributed by atoms with E-state index in [2.05, 4.69) is 0 Å². The van der Waals surface area contributed by atoms with E-state index >= 15 is 0 Å². The van der Waals surface area contributed by atoms with Gasteiger partial charge in [0, 0.05) is 12.0 Å². The lowest BCUT2D eigenvalue weighted by Crippen LogP contribution is -2.32. The zero-order valence-corrected chi connectivity index (χ0v) is 7.93. The molecule has 0 aliphatic rings. The Morgan fingerprint density at radius 2 is 1.60 bits per heavy atom. The Labute approximate surface area is 84.6 Å². The van der Waals surface area contributed by atoms with Gasteiger partial charge in [-0.1, -0.05) is 0 Å². The van der Waals surface area contributed by atoms with Gasteiger partial charge in [-0.3, -0.25) is 4.79 Å². The van der Waals surface area contributed by atoms with E-state index in [4.69, 9.17) is 5.11 Å². The van der Waals surface area contributed by atoms with Gasteiger partial charge in [0.15, 0.2) is 0 Å². The van der Waals surface area contributed by atoms with E-state index in [1.807, 2.05) is 0 Å². The lowest BCUT2D eigenvalue weighted by molar-refractivity contribution is -0.137. The van der Waals surface area contributed by atoms with Gasteiger partial charge < -0.3 is 5.11 Å². The summed E-state index contributed by atoms with van der Waals surface area (Å²) in [6.45, 7) is -4.15. The van der Waals surface area contributed by atoms with Crippen molar-refractivity contribution < 1.29 is 27.9 Å². The Morgan fingerprint density at radius 3 is 1.87 bits per heavy atom. The molecule has 15 heavy (non-hydrogen) atoms. The molecule has 6 heteroatoms. The molecule has 0 aliphatic heterocycles. The zero-order valence-electron chi connectivity index (χ0n) is 7.93. The largest absolute Gasteiger partial charge is 0.481 e. The van der Waals surface area contributed by atoms with Crippen molar-refractivity contribution in [2.24, 2.45) is 5.41 Å². The molecule has 0 fully saturated rings. The van der Waals surface area contributed by atoms with Crippen LogP contribution in [0, 0.1) is 5.41 Å². The Hall–Kier alpha value is -1.29. The van der Waals surface area contributed by atoms with E-state index in [0.717, 1.165) is 0 Å². The van der Waals surface area contributed by atoms with E-state index in [1.165, 1.54) is 5.94 Å². The van der Waals surface area contributed by atoms with E-state index < -0.39 is 49.8 Å². The molecule has 0 aromatic rings. The molecule has 1 N–H and O–H groups in total. The van der Waals surface area contributed by atoms with Gasteiger partial charge in [-0.15, -0.1) is 0 Å². The Bertz CT molecular complexity index is 260. The first-order valence-corrected chi connectivity index (χ1v) is 4.20. The van der Waals surface area contributed by atoms with Crippen molar-refractivity contribution in [1.82, 2.24) is 0 Å². The molecule has 0 aliphatic carbocycles. The molecule has 0 atom stereocenters. The topological polar surface area (TPSA) is 54.4 Å². The first kappa shape index (κ1) is 13.7. The highest BCUT2D eigenvalue weighted by Gasteiger charge is 2.36. The van der Waals surface area contributed by atoms with Gasteiger partial charge in [-0.05, 0) is 6.42 Å². The number of allylic oxidation sites excluding steroid dienone is 1. The minimum atomic E-state index is -2.14. The molecule has 0 amide bonds. The van der Waals surface area contributed by atoms with Gasteiger partial charge >= 0.3 is 5.97 Å². The minimum absolute atomic E-state index is 0.392. The fourth-order valence-corrected chi connectivity index (χ4v) is 1.01. The number of alkyl halides is 3. The maximum atomic E-state index is 12.4. The van der Waals surface area contributed by atoms with Crippen molar-refractivity contribution in [1.29, 1.82) is 0 Å². The second-order valence-corrected chi connectivity index (χ2v) is 3.16. The van der Waals surface area contributed by atoms with Crippen LogP contribution in [0.1, 0.15) is 12.8 Å². The molecule has 0 unspecified atom stereocenters. The standard InChI is InChI=1S/C9H11F3O3/c10-4-9(5-11,6-12)7(3-13)1-2-8(14)15/h1-2,4-6H2,(H,14,15). The maximum absolute atomic E-state index is 12.4. The molecule has 0 aromatic carbocycles. The summed E-state index contributed by atoms with van der Waals surface area (Å²) in [7, 11) is 0. The van der Waals surface area contributed by atoms with Crippen LogP contribution in [0.25, 0.3) is 0 Å². The van der Waals surface area contributed by atoms with E-state index in [0.29, 0.717) is 0 Å². The summed E-state index contributed by atoms with van der Waals surface area (Å²) in [5.41, 5.74) is -2.63. The predicted octanol–water partition coefficient (Wildman–Crippen LogP) is 1.50. The number of halogens is 3. The van der Waals surface area contributed by atoms with Crippen molar-refractivity contribution >= 4 is 11.9 Å². The summed E-state index contributed by atoms with van der Waals surface area (Å²) < 4.78 is 37.3. The molecule has 0 bridgehead atoms. The normalized spacial score (nSPS) is 10.9. The first-order chi connectivity index (χ1) is 7.06. The second-order valence-electron chi connectivity index (χ2n) is 3.16. The lowest BCUT2D eigenvalue weighted by Gasteiger charge is -2.24. The van der Waals surface area contributed by atoms with Crippen LogP contribution in [-0.4, -0.2) is 37.0 Å². The van der Waals surface area contributed by atoms with E-state index in [9.17, 15) is 22.8 Å². The van der Waals surface area contributed by atoms with Gasteiger partial charge in [0.25, 0.3) is 0 Å². The van der Waals surface area contributed by atoms with Crippen LogP contribution in [0.5, 0.6) is 0 Å². The van der Waals surface area contributed by atoms with Crippen LogP contribution in [-0.2, 0) is 9.59 Å². The fourth-order valence-electron chi connectivity index (χ4n) is 1.01. The minimum Gasteiger partial charge on any atom is -0.481 e. The van der Waals surface area contributed by atoms with Gasteiger partial charge in [0.1, 0.15) is 26.0 Å². The van der Waals surface area contributed by atoms with Gasteiger partial charge in [-0.25, -0.2) is 18.0 Å². The average Bonchev–Trinajstić information content (AvgIpc) is 2.24. The van der Waals surface area contributed by atoms with Crippen LogP contribution < -0.4 is 0 Å². The maximum Gasteiger partial charge on any atom is 0.303 e. The molecule has 3 nitrogen and oxygen atoms in total. The van der Waals surface area contributed by atoms with Crippen molar-refractivity contribution in [3.63, 3.8) is 0 Å². The van der Waals surface area contributed by atoms with Gasteiger partial charge in [0.05, 0.1) is 5.41 Å². The molecular formula is C9H11F3O3. The van der Waals surface area contributed by atoms with Crippen LogP contribution in [0.2, 0.25) is 0 Å². The summed E-state index contributed by atoms with van der Waals surface area (Å²) in [6.07, 6.45) is -0.872. The number of rotatable bonds is 7. The summed E-state index contributed by atoms with van der Waals surface area (Å²) in [5, 5.41) is 8.32. The molecular weight excluding hydrogens is 213 g/mol. The average molecular weight is 224 g/mol. The molecule has 0 spiro atoms. The summed E-state index contributed by atoms with van der Waals surface area (Å²) in [6, 6.07) is 0. The van der Waals surface area contributed by atoms with Gasteiger partial charge in [0.2, 0.25) is 0 Å². The number of carbonyl (C=O) groups excluding carboxylic acids is 1. The van der Waals surface area contributed by atoms with Crippen molar-refractivity contribution in [2.45, 2.75) is 12.8 Å². The van der Waals surface area contributed by atoms with E-state index in [-0.39, 0.29) is 0 Å². The molecule has 0 radical (unpaired) electrons.